The van der Waals surface area contributed by atoms with Gasteiger partial charge in [0, 0.05) is 38.4 Å². The summed E-state index contributed by atoms with van der Waals surface area (Å²) in [6.07, 6.45) is 1.72. The van der Waals surface area contributed by atoms with Crippen LogP contribution in [0.15, 0.2) is 24.4 Å². The van der Waals surface area contributed by atoms with Crippen LogP contribution in [-0.4, -0.2) is 10.2 Å². The second-order valence-electron chi connectivity index (χ2n) is 2.43. The van der Waals surface area contributed by atoms with Crippen molar-refractivity contribution >= 4 is 10.8 Å². The summed E-state index contributed by atoms with van der Waals surface area (Å²) in [5.74, 6) is 0. The molecule has 0 aliphatic rings. The van der Waals surface area contributed by atoms with Gasteiger partial charge >= 0.3 is 0 Å². The van der Waals surface area contributed by atoms with Crippen LogP contribution in [0, 0.1) is 13.0 Å². The van der Waals surface area contributed by atoms with Crippen molar-refractivity contribution in [3.63, 3.8) is 0 Å². The smallest absolute Gasteiger partial charge is 0.0249 e. The summed E-state index contributed by atoms with van der Waals surface area (Å²) in [6.45, 7) is 1.95. The molecule has 1 radical (unpaired) electrons. The number of hydrogen-bond acceptors (Lipinski definition) is 2. The van der Waals surface area contributed by atoms with Crippen LogP contribution in [0.4, 0.5) is 0 Å². The van der Waals surface area contributed by atoms with Crippen molar-refractivity contribution < 1.29 is 32.7 Å². The fraction of sp³-hybridized carbons (Fsp3) is 0.111. The van der Waals surface area contributed by atoms with E-state index in [2.05, 4.69) is 16.3 Å². The van der Waals surface area contributed by atoms with Gasteiger partial charge in [-0.2, -0.15) is 5.10 Å². The third kappa shape index (κ3) is 1.70. The van der Waals surface area contributed by atoms with E-state index in [-0.39, 0.29) is 32.7 Å². The molecule has 2 aromatic rings. The summed E-state index contributed by atoms with van der Waals surface area (Å²) >= 11 is 0. The average molecular weight is 232 g/mol. The molecule has 57 valence electrons. The zero-order valence-corrected chi connectivity index (χ0v) is 9.62. The molecular weight excluding hydrogens is 225 g/mol. The van der Waals surface area contributed by atoms with Gasteiger partial charge in [-0.05, 0) is 13.1 Å². The quantitative estimate of drug-likeness (QED) is 0.646. The van der Waals surface area contributed by atoms with Gasteiger partial charge in [-0.3, -0.25) is 0 Å². The zero-order chi connectivity index (χ0) is 7.68. The van der Waals surface area contributed by atoms with Gasteiger partial charge in [0.25, 0.3) is 0 Å². The first-order chi connectivity index (χ1) is 5.38. The molecule has 0 saturated heterocycles. The van der Waals surface area contributed by atoms with Crippen molar-refractivity contribution in [3.8, 4) is 0 Å². The predicted octanol–water partition coefficient (Wildman–Crippen LogP) is 1.74. The standard InChI is InChI=1S/C9H7N2.Y/c1-7-9-5-3-2-4-8(9)6-10-11-7;/h2-3,5-6H,1H3;/q-1;. The number of rotatable bonds is 0. The van der Waals surface area contributed by atoms with Crippen LogP contribution in [-0.2, 0) is 32.7 Å². The second kappa shape index (κ2) is 4.06. The van der Waals surface area contributed by atoms with Crippen LogP contribution in [0.2, 0.25) is 0 Å². The van der Waals surface area contributed by atoms with Gasteiger partial charge in [0.1, 0.15) is 0 Å². The largest absolute Gasteiger partial charge is 0.209 e. The molecular formula is C9H7N2Y-. The number of fused-ring (bicyclic) bond motifs is 1. The average Bonchev–Trinajstić information content (AvgIpc) is 2.06. The molecule has 0 amide bonds. The molecule has 0 aliphatic heterocycles. The number of hydrogen-bond donors (Lipinski definition) is 0. The molecule has 2 rings (SSSR count). The molecule has 2 nitrogen and oxygen atoms in total. The fourth-order valence-electron chi connectivity index (χ4n) is 1.10. The van der Waals surface area contributed by atoms with Gasteiger partial charge in [0.15, 0.2) is 0 Å². The van der Waals surface area contributed by atoms with Gasteiger partial charge in [-0.15, -0.1) is 29.7 Å². The minimum Gasteiger partial charge on any atom is -0.209 e. The van der Waals surface area contributed by atoms with E-state index in [0.717, 1.165) is 16.5 Å². The van der Waals surface area contributed by atoms with E-state index in [1.165, 1.54) is 0 Å². The van der Waals surface area contributed by atoms with Gasteiger partial charge in [0.05, 0.1) is 0 Å². The molecule has 1 aromatic carbocycles. The Morgan fingerprint density at radius 3 is 3.00 bits per heavy atom. The maximum atomic E-state index is 3.94. The Kier molecular flexibility index (Phi) is 3.30. The Hall–Kier alpha value is -0.336. The van der Waals surface area contributed by atoms with Crippen molar-refractivity contribution in [1.29, 1.82) is 0 Å². The van der Waals surface area contributed by atoms with Crippen molar-refractivity contribution in [2.24, 2.45) is 0 Å². The third-order valence-corrected chi connectivity index (χ3v) is 1.67. The summed E-state index contributed by atoms with van der Waals surface area (Å²) in [5, 5.41) is 9.92. The van der Waals surface area contributed by atoms with Gasteiger partial charge in [-0.25, -0.2) is 5.10 Å². The Labute approximate surface area is 96.3 Å². The maximum Gasteiger partial charge on any atom is 0.0249 e. The van der Waals surface area contributed by atoms with Gasteiger partial charge in [-0.1, -0.05) is 5.39 Å². The molecule has 0 fully saturated rings. The molecule has 3 heteroatoms. The molecule has 0 unspecified atom stereocenters. The second-order valence-corrected chi connectivity index (χ2v) is 2.43. The fourth-order valence-corrected chi connectivity index (χ4v) is 1.10. The van der Waals surface area contributed by atoms with Gasteiger partial charge < -0.3 is 0 Å². The van der Waals surface area contributed by atoms with Crippen molar-refractivity contribution in [1.82, 2.24) is 10.2 Å². The van der Waals surface area contributed by atoms with Crippen LogP contribution in [0.5, 0.6) is 0 Å². The minimum absolute atomic E-state index is 0. The molecule has 12 heavy (non-hydrogen) atoms. The topological polar surface area (TPSA) is 25.8 Å². The SMILES string of the molecule is Cc1nncc2[c-]cccc12.[Y]. The normalized spacial score (nSPS) is 9.42. The summed E-state index contributed by atoms with van der Waals surface area (Å²) in [7, 11) is 0. The molecule has 1 heterocycles. The Morgan fingerprint density at radius 2 is 2.25 bits per heavy atom. The number of aromatic nitrogens is 2. The molecule has 0 saturated carbocycles. The van der Waals surface area contributed by atoms with Crippen molar-refractivity contribution in [3.05, 3.63) is 36.2 Å². The summed E-state index contributed by atoms with van der Waals surface area (Å²) in [5.41, 5.74) is 0.958. The first-order valence-corrected chi connectivity index (χ1v) is 3.46. The molecule has 1 aromatic heterocycles. The Balaban J connectivity index is 0.000000720. The summed E-state index contributed by atoms with van der Waals surface area (Å²) < 4.78 is 0. The molecule has 0 atom stereocenters. The van der Waals surface area contributed by atoms with Gasteiger partial charge in [0.2, 0.25) is 0 Å². The Morgan fingerprint density at radius 1 is 1.42 bits per heavy atom. The summed E-state index contributed by atoms with van der Waals surface area (Å²) in [6, 6.07) is 8.95. The van der Waals surface area contributed by atoms with Crippen molar-refractivity contribution in [2.45, 2.75) is 6.92 Å². The molecule has 0 aliphatic carbocycles. The van der Waals surface area contributed by atoms with Crippen LogP contribution in [0.25, 0.3) is 10.8 Å². The number of nitrogens with zero attached hydrogens (tertiary/aromatic N) is 2. The first kappa shape index (κ1) is 9.75. The molecule has 0 spiro atoms. The predicted molar refractivity (Wildman–Crippen MR) is 43.1 cm³/mol. The molecule has 0 N–H and O–H groups in total. The Bertz CT molecular complexity index is 382. The minimum atomic E-state index is 0. The zero-order valence-electron chi connectivity index (χ0n) is 6.78. The van der Waals surface area contributed by atoms with E-state index in [1.54, 1.807) is 6.20 Å². The van der Waals surface area contributed by atoms with Crippen LogP contribution in [0.1, 0.15) is 5.69 Å². The van der Waals surface area contributed by atoms with E-state index < -0.39 is 0 Å². The van der Waals surface area contributed by atoms with Crippen LogP contribution >= 0.6 is 0 Å². The van der Waals surface area contributed by atoms with E-state index >= 15 is 0 Å². The summed E-state index contributed by atoms with van der Waals surface area (Å²) in [4.78, 5) is 0. The van der Waals surface area contributed by atoms with E-state index in [9.17, 15) is 0 Å². The third-order valence-electron chi connectivity index (χ3n) is 1.67. The van der Waals surface area contributed by atoms with Crippen molar-refractivity contribution in [2.75, 3.05) is 0 Å². The van der Waals surface area contributed by atoms with E-state index in [4.69, 9.17) is 0 Å². The number of benzene rings is 1. The van der Waals surface area contributed by atoms with Crippen LogP contribution < -0.4 is 0 Å². The monoisotopic (exact) mass is 232 g/mol. The molecule has 0 bridgehead atoms. The van der Waals surface area contributed by atoms with E-state index in [0.29, 0.717) is 0 Å². The maximum absolute atomic E-state index is 3.94. The van der Waals surface area contributed by atoms with E-state index in [1.807, 2.05) is 25.1 Å². The van der Waals surface area contributed by atoms with Crippen LogP contribution in [0.3, 0.4) is 0 Å². The number of aryl methyl sites for hydroxylation is 1. The first-order valence-electron chi connectivity index (χ1n) is 3.46.